The predicted octanol–water partition coefficient (Wildman–Crippen LogP) is 3.29. The number of nitrogens with zero attached hydrogens (tertiary/aromatic N) is 2. The van der Waals surface area contributed by atoms with E-state index in [-0.39, 0.29) is 12.4 Å². The van der Waals surface area contributed by atoms with Gasteiger partial charge in [-0.05, 0) is 24.1 Å². The Morgan fingerprint density at radius 2 is 2.00 bits per heavy atom. The van der Waals surface area contributed by atoms with Crippen LogP contribution >= 0.6 is 11.3 Å². The summed E-state index contributed by atoms with van der Waals surface area (Å²) in [7, 11) is 0. The molecule has 0 aliphatic heterocycles. The Labute approximate surface area is 125 Å². The van der Waals surface area contributed by atoms with Gasteiger partial charge >= 0.3 is 0 Å². The van der Waals surface area contributed by atoms with Gasteiger partial charge in [0.1, 0.15) is 22.8 Å². The lowest BCUT2D eigenvalue weighted by atomic mass is 10.1. The van der Waals surface area contributed by atoms with Gasteiger partial charge in [-0.2, -0.15) is 0 Å². The number of halogens is 1. The van der Waals surface area contributed by atoms with Crippen molar-refractivity contribution in [3.63, 3.8) is 0 Å². The lowest BCUT2D eigenvalue weighted by Gasteiger charge is -2.07. The van der Waals surface area contributed by atoms with Crippen LogP contribution in [0.25, 0.3) is 21.3 Å². The second-order valence-electron chi connectivity index (χ2n) is 4.56. The Balaban J connectivity index is 2.04. The molecule has 2 aromatic heterocycles. The molecule has 0 unspecified atom stereocenters. The molecule has 0 saturated heterocycles. The first-order valence-electron chi connectivity index (χ1n) is 6.62. The summed E-state index contributed by atoms with van der Waals surface area (Å²) in [4.78, 5) is 9.45. The van der Waals surface area contributed by atoms with E-state index in [1.807, 2.05) is 5.38 Å². The van der Waals surface area contributed by atoms with E-state index in [0.717, 1.165) is 27.2 Å². The number of hydrogen-bond donors (Lipinski definition) is 2. The van der Waals surface area contributed by atoms with E-state index in [9.17, 15) is 4.39 Å². The van der Waals surface area contributed by atoms with Gasteiger partial charge in [0, 0.05) is 24.1 Å². The maximum atomic E-state index is 13.1. The number of thiophene rings is 1. The highest BCUT2D eigenvalue weighted by Crippen LogP contribution is 2.36. The van der Waals surface area contributed by atoms with Crippen molar-refractivity contribution < 1.29 is 9.50 Å². The quantitative estimate of drug-likeness (QED) is 0.710. The van der Waals surface area contributed by atoms with Crippen LogP contribution in [0.3, 0.4) is 0 Å². The molecule has 21 heavy (non-hydrogen) atoms. The zero-order valence-electron chi connectivity index (χ0n) is 11.2. The maximum absolute atomic E-state index is 13.1. The molecule has 0 radical (unpaired) electrons. The number of nitrogens with one attached hydrogen (secondary N) is 1. The number of hydrogen-bond acceptors (Lipinski definition) is 5. The van der Waals surface area contributed by atoms with Crippen LogP contribution in [0.4, 0.5) is 10.2 Å². The number of benzene rings is 1. The molecule has 0 spiro atoms. The fourth-order valence-electron chi connectivity index (χ4n) is 2.14. The van der Waals surface area contributed by atoms with E-state index < -0.39 is 0 Å². The average molecular weight is 303 g/mol. The minimum atomic E-state index is -0.254. The van der Waals surface area contributed by atoms with Crippen LogP contribution in [0.5, 0.6) is 0 Å². The van der Waals surface area contributed by atoms with Crippen molar-refractivity contribution in [3.05, 3.63) is 41.8 Å². The van der Waals surface area contributed by atoms with Crippen molar-refractivity contribution in [2.45, 2.75) is 6.42 Å². The van der Waals surface area contributed by atoms with E-state index in [4.69, 9.17) is 5.11 Å². The van der Waals surface area contributed by atoms with Gasteiger partial charge in [0.25, 0.3) is 0 Å². The SMILES string of the molecule is OCCCNc1ncnc2scc(-c3ccc(F)cc3)c12. The first kappa shape index (κ1) is 13.9. The molecule has 2 N–H and O–H groups in total. The summed E-state index contributed by atoms with van der Waals surface area (Å²) in [5.41, 5.74) is 1.92. The van der Waals surface area contributed by atoms with Gasteiger partial charge in [-0.15, -0.1) is 11.3 Å². The third kappa shape index (κ3) is 2.86. The second kappa shape index (κ2) is 6.15. The number of aromatic nitrogens is 2. The molecule has 0 amide bonds. The van der Waals surface area contributed by atoms with Gasteiger partial charge in [-0.25, -0.2) is 14.4 Å². The van der Waals surface area contributed by atoms with Crippen molar-refractivity contribution in [1.29, 1.82) is 0 Å². The van der Waals surface area contributed by atoms with Crippen LogP contribution in [0, 0.1) is 5.82 Å². The summed E-state index contributed by atoms with van der Waals surface area (Å²) in [6.45, 7) is 0.775. The van der Waals surface area contributed by atoms with Crippen LogP contribution in [0.2, 0.25) is 0 Å². The van der Waals surface area contributed by atoms with Gasteiger partial charge in [-0.1, -0.05) is 12.1 Å². The molecule has 0 fully saturated rings. The minimum Gasteiger partial charge on any atom is -0.396 e. The summed E-state index contributed by atoms with van der Waals surface area (Å²) in [6.07, 6.45) is 2.18. The second-order valence-corrected chi connectivity index (χ2v) is 5.42. The summed E-state index contributed by atoms with van der Waals surface area (Å²) in [5, 5.41) is 15.0. The third-order valence-electron chi connectivity index (χ3n) is 3.15. The Bertz CT molecular complexity index is 742. The number of rotatable bonds is 5. The number of anilines is 1. The number of fused-ring (bicyclic) bond motifs is 1. The summed E-state index contributed by atoms with van der Waals surface area (Å²) < 4.78 is 13.1. The Morgan fingerprint density at radius 3 is 2.76 bits per heavy atom. The van der Waals surface area contributed by atoms with Crippen molar-refractivity contribution in [3.8, 4) is 11.1 Å². The predicted molar refractivity (Wildman–Crippen MR) is 83.0 cm³/mol. The highest BCUT2D eigenvalue weighted by molar-refractivity contribution is 7.17. The lowest BCUT2D eigenvalue weighted by Crippen LogP contribution is -2.05. The average Bonchev–Trinajstić information content (AvgIpc) is 2.93. The first-order valence-corrected chi connectivity index (χ1v) is 7.50. The minimum absolute atomic E-state index is 0.135. The normalized spacial score (nSPS) is 11.0. The van der Waals surface area contributed by atoms with Gasteiger partial charge in [-0.3, -0.25) is 0 Å². The van der Waals surface area contributed by atoms with Crippen LogP contribution in [-0.2, 0) is 0 Å². The molecule has 0 saturated carbocycles. The zero-order chi connectivity index (χ0) is 14.7. The molecule has 0 aliphatic carbocycles. The number of aliphatic hydroxyl groups excluding tert-OH is 1. The van der Waals surface area contributed by atoms with Gasteiger partial charge in [0.2, 0.25) is 0 Å². The van der Waals surface area contributed by atoms with E-state index in [0.29, 0.717) is 13.0 Å². The van der Waals surface area contributed by atoms with E-state index in [1.165, 1.54) is 29.8 Å². The molecule has 0 aliphatic rings. The van der Waals surface area contributed by atoms with Gasteiger partial charge in [0.05, 0.1) is 5.39 Å². The smallest absolute Gasteiger partial charge is 0.138 e. The molecular weight excluding hydrogens is 289 g/mol. The van der Waals surface area contributed by atoms with Crippen molar-refractivity contribution in [1.82, 2.24) is 9.97 Å². The molecule has 3 rings (SSSR count). The van der Waals surface area contributed by atoms with Gasteiger partial charge < -0.3 is 10.4 Å². The molecular formula is C15H14FN3OS. The molecule has 3 aromatic rings. The Hall–Kier alpha value is -2.05. The lowest BCUT2D eigenvalue weighted by molar-refractivity contribution is 0.292. The molecule has 1 aromatic carbocycles. The standard InChI is InChI=1S/C15H14FN3OS/c16-11-4-2-10(3-5-11)12-8-21-15-13(12)14(18-9-19-15)17-6-1-7-20/h2-5,8-9,20H,1,6-7H2,(H,17,18,19). The fourth-order valence-corrected chi connectivity index (χ4v) is 3.05. The number of aliphatic hydroxyl groups is 1. The molecule has 2 heterocycles. The molecule has 0 atom stereocenters. The maximum Gasteiger partial charge on any atom is 0.138 e. The molecule has 4 nitrogen and oxygen atoms in total. The van der Waals surface area contributed by atoms with E-state index >= 15 is 0 Å². The Kier molecular flexibility index (Phi) is 4.08. The molecule has 0 bridgehead atoms. The molecule has 108 valence electrons. The van der Waals surface area contributed by atoms with E-state index in [1.54, 1.807) is 12.1 Å². The Morgan fingerprint density at radius 1 is 1.19 bits per heavy atom. The highest BCUT2D eigenvalue weighted by Gasteiger charge is 2.12. The van der Waals surface area contributed by atoms with Crippen molar-refractivity contribution in [2.75, 3.05) is 18.5 Å². The van der Waals surface area contributed by atoms with Crippen LogP contribution in [-0.4, -0.2) is 28.2 Å². The fraction of sp³-hybridized carbons (Fsp3) is 0.200. The monoisotopic (exact) mass is 303 g/mol. The van der Waals surface area contributed by atoms with Crippen LogP contribution in [0.15, 0.2) is 36.0 Å². The summed E-state index contributed by atoms with van der Waals surface area (Å²) in [5.74, 6) is 0.491. The third-order valence-corrected chi connectivity index (χ3v) is 4.04. The summed E-state index contributed by atoms with van der Waals surface area (Å²) in [6, 6.07) is 6.39. The highest BCUT2D eigenvalue weighted by atomic mass is 32.1. The van der Waals surface area contributed by atoms with Crippen LogP contribution < -0.4 is 5.32 Å². The van der Waals surface area contributed by atoms with Gasteiger partial charge in [0.15, 0.2) is 0 Å². The topological polar surface area (TPSA) is 58.0 Å². The first-order chi connectivity index (χ1) is 10.3. The summed E-state index contributed by atoms with van der Waals surface area (Å²) >= 11 is 1.53. The van der Waals surface area contributed by atoms with Crippen LogP contribution in [0.1, 0.15) is 6.42 Å². The zero-order valence-corrected chi connectivity index (χ0v) is 12.0. The van der Waals surface area contributed by atoms with Crippen molar-refractivity contribution in [2.24, 2.45) is 0 Å². The van der Waals surface area contributed by atoms with E-state index in [2.05, 4.69) is 15.3 Å². The van der Waals surface area contributed by atoms with Crippen molar-refractivity contribution >= 4 is 27.4 Å². The molecule has 6 heteroatoms. The largest absolute Gasteiger partial charge is 0.396 e.